The third-order valence-corrected chi connectivity index (χ3v) is 3.83. The molecule has 1 fully saturated rings. The predicted molar refractivity (Wildman–Crippen MR) is 79.6 cm³/mol. The third kappa shape index (κ3) is 2.13. The number of fused-ring (bicyclic) bond motifs is 1. The number of hydrazine groups is 1. The summed E-state index contributed by atoms with van der Waals surface area (Å²) in [6.07, 6.45) is 2.14. The van der Waals surface area contributed by atoms with Crippen LogP contribution < -0.4 is 16.4 Å². The first-order valence-electron chi connectivity index (χ1n) is 7.07. The number of aromatic nitrogens is 2. The molecule has 5 nitrogen and oxygen atoms in total. The maximum atomic E-state index is 12.8. The third-order valence-electron chi connectivity index (χ3n) is 3.83. The van der Waals surface area contributed by atoms with E-state index in [-0.39, 0.29) is 11.6 Å². The van der Waals surface area contributed by atoms with Crippen molar-refractivity contribution >= 4 is 10.9 Å². The summed E-state index contributed by atoms with van der Waals surface area (Å²) < 4.78 is 1.88. The van der Waals surface area contributed by atoms with Crippen LogP contribution in [-0.2, 0) is 0 Å². The van der Waals surface area contributed by atoms with Crippen molar-refractivity contribution in [2.45, 2.75) is 38.8 Å². The van der Waals surface area contributed by atoms with Crippen LogP contribution in [0.3, 0.4) is 0 Å². The van der Waals surface area contributed by atoms with Crippen LogP contribution in [0.15, 0.2) is 23.0 Å². The number of benzene rings is 1. The Kier molecular flexibility index (Phi) is 3.31. The number of nitrogens with one attached hydrogen (secondary N) is 2. The van der Waals surface area contributed by atoms with Crippen LogP contribution in [0, 0.1) is 6.92 Å². The lowest BCUT2D eigenvalue weighted by molar-refractivity contribution is 0.456. The second-order valence-electron chi connectivity index (χ2n) is 5.46. The van der Waals surface area contributed by atoms with Crippen LogP contribution in [0.4, 0.5) is 0 Å². The van der Waals surface area contributed by atoms with Gasteiger partial charge in [-0.05, 0) is 45.4 Å². The van der Waals surface area contributed by atoms with Gasteiger partial charge in [0.15, 0.2) is 0 Å². The van der Waals surface area contributed by atoms with E-state index < -0.39 is 0 Å². The Labute approximate surface area is 118 Å². The number of aryl methyl sites for hydroxylation is 1. The zero-order valence-corrected chi connectivity index (χ0v) is 12.1. The van der Waals surface area contributed by atoms with Crippen LogP contribution in [0.2, 0.25) is 0 Å². The van der Waals surface area contributed by atoms with Crippen molar-refractivity contribution < 1.29 is 0 Å². The van der Waals surface area contributed by atoms with E-state index in [2.05, 4.69) is 10.9 Å². The molecule has 1 saturated carbocycles. The summed E-state index contributed by atoms with van der Waals surface area (Å²) in [6, 6.07) is 6.13. The first-order valence-corrected chi connectivity index (χ1v) is 7.07. The van der Waals surface area contributed by atoms with E-state index in [0.717, 1.165) is 35.1 Å². The molecule has 2 aromatic rings. The maximum absolute atomic E-state index is 12.8. The predicted octanol–water partition coefficient (Wildman–Crippen LogP) is 1.82. The quantitative estimate of drug-likeness (QED) is 0.834. The maximum Gasteiger partial charge on any atom is 0.261 e. The van der Waals surface area contributed by atoms with Crippen molar-refractivity contribution in [3.63, 3.8) is 0 Å². The van der Waals surface area contributed by atoms with Gasteiger partial charge in [0.1, 0.15) is 5.82 Å². The Morgan fingerprint density at radius 3 is 2.80 bits per heavy atom. The second kappa shape index (κ2) is 5.00. The van der Waals surface area contributed by atoms with Gasteiger partial charge in [0, 0.05) is 6.04 Å². The summed E-state index contributed by atoms with van der Waals surface area (Å²) in [4.78, 5) is 17.6. The minimum atomic E-state index is -0.0155. The van der Waals surface area contributed by atoms with Crippen LogP contribution in [0.25, 0.3) is 10.9 Å². The highest BCUT2D eigenvalue weighted by molar-refractivity contribution is 5.81. The molecule has 0 aliphatic heterocycles. The topological polar surface area (TPSA) is 59.0 Å². The number of hydrogen-bond donors (Lipinski definition) is 2. The fourth-order valence-corrected chi connectivity index (χ4v) is 2.70. The zero-order valence-electron chi connectivity index (χ0n) is 12.1. The van der Waals surface area contributed by atoms with Gasteiger partial charge in [0.05, 0.1) is 16.9 Å². The first kappa shape index (κ1) is 13.3. The summed E-state index contributed by atoms with van der Waals surface area (Å²) in [5.41, 5.74) is 7.92. The summed E-state index contributed by atoms with van der Waals surface area (Å²) in [6.45, 7) is 3.98. The van der Waals surface area contributed by atoms with Gasteiger partial charge in [-0.3, -0.25) is 14.8 Å². The molecule has 2 N–H and O–H groups in total. The van der Waals surface area contributed by atoms with E-state index in [1.165, 1.54) is 0 Å². The van der Waals surface area contributed by atoms with Crippen molar-refractivity contribution in [2.75, 3.05) is 7.05 Å². The lowest BCUT2D eigenvalue weighted by Crippen LogP contribution is -2.36. The molecule has 0 amide bonds. The Bertz CT molecular complexity index is 703. The number of hydrogen-bond acceptors (Lipinski definition) is 4. The molecule has 1 aromatic carbocycles. The molecule has 3 rings (SSSR count). The van der Waals surface area contributed by atoms with Crippen molar-refractivity contribution in [2.24, 2.45) is 0 Å². The van der Waals surface area contributed by atoms with Crippen molar-refractivity contribution in [1.82, 2.24) is 20.4 Å². The molecule has 0 radical (unpaired) electrons. The molecule has 1 aliphatic carbocycles. The largest absolute Gasteiger partial charge is 0.292 e. The van der Waals surface area contributed by atoms with Gasteiger partial charge in [0.25, 0.3) is 5.56 Å². The van der Waals surface area contributed by atoms with Crippen LogP contribution in [0.5, 0.6) is 0 Å². The molecule has 0 saturated heterocycles. The summed E-state index contributed by atoms with van der Waals surface area (Å²) in [5, 5.41) is 0.750. The zero-order chi connectivity index (χ0) is 14.3. The first-order chi connectivity index (χ1) is 9.63. The van der Waals surface area contributed by atoms with Gasteiger partial charge in [-0.25, -0.2) is 10.4 Å². The van der Waals surface area contributed by atoms with E-state index in [4.69, 9.17) is 4.98 Å². The molecule has 1 atom stereocenters. The molecular formula is C15H20N4O. The molecule has 20 heavy (non-hydrogen) atoms. The molecular weight excluding hydrogens is 252 g/mol. The monoisotopic (exact) mass is 272 g/mol. The Morgan fingerprint density at radius 2 is 2.15 bits per heavy atom. The smallest absolute Gasteiger partial charge is 0.261 e. The Balaban J connectivity index is 2.28. The number of rotatable bonds is 4. The molecule has 5 heteroatoms. The van der Waals surface area contributed by atoms with Gasteiger partial charge in [-0.1, -0.05) is 12.1 Å². The van der Waals surface area contributed by atoms with E-state index in [1.54, 1.807) is 0 Å². The molecule has 1 aromatic heterocycles. The van der Waals surface area contributed by atoms with Gasteiger partial charge in [-0.15, -0.1) is 0 Å². The SMILES string of the molecule is CNN[C@@H](C)c1nc2cccc(C)c2c(=O)n1C1CC1. The van der Waals surface area contributed by atoms with Gasteiger partial charge in [0.2, 0.25) is 0 Å². The van der Waals surface area contributed by atoms with E-state index in [1.807, 2.05) is 43.7 Å². The van der Waals surface area contributed by atoms with Crippen LogP contribution in [-0.4, -0.2) is 16.6 Å². The van der Waals surface area contributed by atoms with Crippen molar-refractivity contribution in [3.8, 4) is 0 Å². The van der Waals surface area contributed by atoms with Gasteiger partial charge in [-0.2, -0.15) is 0 Å². The molecule has 1 aliphatic rings. The minimum Gasteiger partial charge on any atom is -0.292 e. The highest BCUT2D eigenvalue weighted by atomic mass is 16.1. The van der Waals surface area contributed by atoms with Crippen LogP contribution >= 0.6 is 0 Å². The summed E-state index contributed by atoms with van der Waals surface area (Å²) >= 11 is 0. The van der Waals surface area contributed by atoms with Crippen LogP contribution in [0.1, 0.15) is 43.2 Å². The van der Waals surface area contributed by atoms with E-state index in [0.29, 0.717) is 6.04 Å². The minimum absolute atomic E-state index is 0.0155. The average molecular weight is 272 g/mol. The fraction of sp³-hybridized carbons (Fsp3) is 0.467. The summed E-state index contributed by atoms with van der Waals surface area (Å²) in [7, 11) is 1.82. The number of nitrogens with zero attached hydrogens (tertiary/aromatic N) is 2. The Morgan fingerprint density at radius 1 is 1.40 bits per heavy atom. The molecule has 106 valence electrons. The molecule has 1 heterocycles. The lowest BCUT2D eigenvalue weighted by Gasteiger charge is -2.19. The average Bonchev–Trinajstić information content (AvgIpc) is 3.23. The van der Waals surface area contributed by atoms with Crippen molar-refractivity contribution in [1.29, 1.82) is 0 Å². The van der Waals surface area contributed by atoms with E-state index in [9.17, 15) is 4.79 Å². The fourth-order valence-electron chi connectivity index (χ4n) is 2.70. The molecule has 0 unspecified atom stereocenters. The summed E-state index contributed by atoms with van der Waals surface area (Å²) in [5.74, 6) is 0.810. The molecule has 0 bridgehead atoms. The van der Waals surface area contributed by atoms with Gasteiger partial charge < -0.3 is 0 Å². The molecule has 0 spiro atoms. The highest BCUT2D eigenvalue weighted by Crippen LogP contribution is 2.35. The second-order valence-corrected chi connectivity index (χ2v) is 5.46. The standard InChI is InChI=1S/C15H20N4O/c1-9-5-4-6-12-13(9)15(20)19(11-7-8-11)14(17-12)10(2)18-16-3/h4-6,10-11,16,18H,7-8H2,1-3H3/t10-/m0/s1. The lowest BCUT2D eigenvalue weighted by atomic mass is 10.1. The highest BCUT2D eigenvalue weighted by Gasteiger charge is 2.30. The van der Waals surface area contributed by atoms with Gasteiger partial charge >= 0.3 is 0 Å². The normalized spacial score (nSPS) is 16.6. The van der Waals surface area contributed by atoms with Crippen molar-refractivity contribution in [3.05, 3.63) is 39.9 Å². The Hall–Kier alpha value is -1.72. The van der Waals surface area contributed by atoms with E-state index >= 15 is 0 Å².